The first-order valence-electron chi connectivity index (χ1n) is 8.55. The Morgan fingerprint density at radius 2 is 1.84 bits per heavy atom. The average Bonchev–Trinajstić information content (AvgIpc) is 3.14. The third-order valence-electron chi connectivity index (χ3n) is 4.92. The summed E-state index contributed by atoms with van der Waals surface area (Å²) in [5, 5.41) is 2.92. The van der Waals surface area contributed by atoms with E-state index in [0.717, 1.165) is 16.5 Å². The Morgan fingerprint density at radius 1 is 1.08 bits per heavy atom. The van der Waals surface area contributed by atoms with E-state index < -0.39 is 0 Å². The summed E-state index contributed by atoms with van der Waals surface area (Å²) in [6, 6.07) is 12.8. The minimum absolute atomic E-state index is 0.137. The normalized spacial score (nSPS) is 13.6. The van der Waals surface area contributed by atoms with Gasteiger partial charge in [-0.05, 0) is 37.5 Å². The largest absolute Gasteiger partial charge is 0.485 e. The highest BCUT2D eigenvalue weighted by Crippen LogP contribution is 2.38. The number of nitrogens with zero attached hydrogens (tertiary/aromatic N) is 2. The van der Waals surface area contributed by atoms with Crippen LogP contribution < -0.4 is 4.74 Å². The number of aryl methyl sites for hydroxylation is 1. The molecule has 3 aromatic rings. The van der Waals surface area contributed by atoms with Crippen LogP contribution in [-0.2, 0) is 12.0 Å². The summed E-state index contributed by atoms with van der Waals surface area (Å²) in [6.45, 7) is 9.35. The van der Waals surface area contributed by atoms with Gasteiger partial charge < -0.3 is 4.74 Å². The number of aromatic nitrogens is 2. The molecule has 1 aromatic carbocycles. The van der Waals surface area contributed by atoms with Crippen molar-refractivity contribution in [2.24, 2.45) is 5.92 Å². The number of hydrogen-bond acceptors (Lipinski definition) is 4. The summed E-state index contributed by atoms with van der Waals surface area (Å²) >= 11 is 1.60. The zero-order chi connectivity index (χ0) is 17.9. The van der Waals surface area contributed by atoms with Crippen LogP contribution in [0.1, 0.15) is 42.6 Å². The van der Waals surface area contributed by atoms with Crippen molar-refractivity contribution in [1.29, 1.82) is 0 Å². The van der Waals surface area contributed by atoms with Crippen LogP contribution in [-0.4, -0.2) is 9.97 Å². The van der Waals surface area contributed by atoms with Crippen LogP contribution in [0.4, 0.5) is 0 Å². The van der Waals surface area contributed by atoms with Crippen LogP contribution in [0.3, 0.4) is 0 Å². The summed E-state index contributed by atoms with van der Waals surface area (Å²) in [4.78, 5) is 8.96. The molecule has 0 radical (unpaired) electrons. The van der Waals surface area contributed by atoms with Crippen molar-refractivity contribution in [1.82, 2.24) is 9.97 Å². The van der Waals surface area contributed by atoms with Crippen LogP contribution in [0, 0.1) is 12.8 Å². The van der Waals surface area contributed by atoms with Crippen molar-refractivity contribution in [3.63, 3.8) is 0 Å². The Morgan fingerprint density at radius 3 is 2.40 bits per heavy atom. The van der Waals surface area contributed by atoms with Crippen molar-refractivity contribution in [2.75, 3.05) is 0 Å². The lowest BCUT2D eigenvalue weighted by Crippen LogP contribution is -2.31. The van der Waals surface area contributed by atoms with Gasteiger partial charge in [-0.3, -0.25) is 4.98 Å². The summed E-state index contributed by atoms with van der Waals surface area (Å²) < 4.78 is 5.79. The molecule has 0 fully saturated rings. The molecular weight excluding hydrogens is 328 g/mol. The first-order valence-corrected chi connectivity index (χ1v) is 9.43. The molecule has 0 aliphatic rings. The number of benzene rings is 1. The smallest absolute Gasteiger partial charge is 0.140 e. The molecule has 3 nitrogen and oxygen atoms in total. The molecule has 1 unspecified atom stereocenters. The Hall–Kier alpha value is -2.20. The van der Waals surface area contributed by atoms with Gasteiger partial charge in [0.1, 0.15) is 17.4 Å². The maximum absolute atomic E-state index is 5.79. The quantitative estimate of drug-likeness (QED) is 0.597. The summed E-state index contributed by atoms with van der Waals surface area (Å²) in [5.74, 6) is 1.19. The molecular formula is C21H24N2OS. The van der Waals surface area contributed by atoms with E-state index in [0.29, 0.717) is 12.5 Å². The fourth-order valence-corrected chi connectivity index (χ4v) is 3.45. The molecule has 3 rings (SSSR count). The Bertz CT molecular complexity index is 795. The van der Waals surface area contributed by atoms with Crippen molar-refractivity contribution < 1.29 is 4.74 Å². The zero-order valence-electron chi connectivity index (χ0n) is 15.2. The minimum Gasteiger partial charge on any atom is -0.485 e. The highest BCUT2D eigenvalue weighted by molar-refractivity contribution is 7.09. The number of hydrogen-bond donors (Lipinski definition) is 0. The van der Waals surface area contributed by atoms with Gasteiger partial charge in [0.05, 0.1) is 11.9 Å². The van der Waals surface area contributed by atoms with E-state index in [9.17, 15) is 0 Å². The van der Waals surface area contributed by atoms with E-state index in [4.69, 9.17) is 9.72 Å². The SMILES string of the molecule is Cc1ccc(C(C)(c2ccc(OCc3nccs3)cn2)C(C)C)cc1. The van der Waals surface area contributed by atoms with E-state index in [-0.39, 0.29) is 5.41 Å². The van der Waals surface area contributed by atoms with E-state index >= 15 is 0 Å². The second-order valence-corrected chi connectivity index (χ2v) is 7.80. The molecule has 0 bridgehead atoms. The first kappa shape index (κ1) is 17.6. The summed E-state index contributed by atoms with van der Waals surface area (Å²) in [5.41, 5.74) is 3.49. The third-order valence-corrected chi connectivity index (χ3v) is 5.67. The molecule has 2 heterocycles. The van der Waals surface area contributed by atoms with Gasteiger partial charge >= 0.3 is 0 Å². The van der Waals surface area contributed by atoms with Crippen molar-refractivity contribution >= 4 is 11.3 Å². The van der Waals surface area contributed by atoms with Crippen LogP contribution in [0.5, 0.6) is 5.75 Å². The van der Waals surface area contributed by atoms with E-state index in [1.54, 1.807) is 17.5 Å². The van der Waals surface area contributed by atoms with Gasteiger partial charge in [0, 0.05) is 17.0 Å². The maximum Gasteiger partial charge on any atom is 0.140 e. The molecule has 25 heavy (non-hydrogen) atoms. The van der Waals surface area contributed by atoms with Crippen molar-refractivity contribution in [3.8, 4) is 5.75 Å². The molecule has 0 spiro atoms. The van der Waals surface area contributed by atoms with Crippen LogP contribution in [0.15, 0.2) is 54.2 Å². The number of rotatable bonds is 6. The number of pyridine rings is 1. The minimum atomic E-state index is -0.137. The van der Waals surface area contributed by atoms with Crippen LogP contribution in [0.25, 0.3) is 0 Å². The second kappa shape index (κ2) is 7.36. The molecule has 0 aliphatic carbocycles. The highest BCUT2D eigenvalue weighted by Gasteiger charge is 2.33. The Labute approximate surface area is 153 Å². The fourth-order valence-electron chi connectivity index (χ4n) is 2.92. The van der Waals surface area contributed by atoms with E-state index in [1.807, 2.05) is 17.6 Å². The number of thiazole rings is 1. The predicted octanol–water partition coefficient (Wildman–Crippen LogP) is 5.39. The van der Waals surface area contributed by atoms with Crippen LogP contribution >= 0.6 is 11.3 Å². The van der Waals surface area contributed by atoms with Gasteiger partial charge in [0.15, 0.2) is 0 Å². The lowest BCUT2D eigenvalue weighted by Gasteiger charge is -2.34. The molecule has 130 valence electrons. The van der Waals surface area contributed by atoms with Gasteiger partial charge in [-0.2, -0.15) is 0 Å². The van der Waals surface area contributed by atoms with Gasteiger partial charge in [0.2, 0.25) is 0 Å². The van der Waals surface area contributed by atoms with Crippen LogP contribution in [0.2, 0.25) is 0 Å². The van der Waals surface area contributed by atoms with Gasteiger partial charge in [-0.1, -0.05) is 43.7 Å². The third kappa shape index (κ3) is 3.74. The molecule has 0 amide bonds. The van der Waals surface area contributed by atoms with Crippen molar-refractivity contribution in [3.05, 3.63) is 76.0 Å². The molecule has 0 N–H and O–H groups in total. The van der Waals surface area contributed by atoms with E-state index in [1.165, 1.54) is 11.1 Å². The standard InChI is InChI=1S/C21H24N2OS/c1-15(2)21(4,17-7-5-16(3)6-8-17)19-10-9-18(13-23-19)24-14-20-22-11-12-25-20/h5-13,15H,14H2,1-4H3. The van der Waals surface area contributed by atoms with Gasteiger partial charge in [-0.15, -0.1) is 11.3 Å². The first-order chi connectivity index (χ1) is 12.0. The average molecular weight is 353 g/mol. The van der Waals surface area contributed by atoms with E-state index in [2.05, 4.69) is 63.0 Å². The molecule has 1 atom stereocenters. The highest BCUT2D eigenvalue weighted by atomic mass is 32.1. The van der Waals surface area contributed by atoms with Gasteiger partial charge in [0.25, 0.3) is 0 Å². The summed E-state index contributed by atoms with van der Waals surface area (Å²) in [7, 11) is 0. The second-order valence-electron chi connectivity index (χ2n) is 6.82. The van der Waals surface area contributed by atoms with Gasteiger partial charge in [-0.25, -0.2) is 4.98 Å². The maximum atomic E-state index is 5.79. The van der Waals surface area contributed by atoms with Crippen molar-refractivity contribution in [2.45, 2.75) is 39.7 Å². The lowest BCUT2D eigenvalue weighted by molar-refractivity contribution is 0.303. The fraction of sp³-hybridized carbons (Fsp3) is 0.333. The topological polar surface area (TPSA) is 35.0 Å². The molecule has 0 saturated heterocycles. The predicted molar refractivity (Wildman–Crippen MR) is 103 cm³/mol. The monoisotopic (exact) mass is 352 g/mol. The Balaban J connectivity index is 1.83. The Kier molecular flexibility index (Phi) is 5.19. The molecule has 4 heteroatoms. The lowest BCUT2D eigenvalue weighted by atomic mass is 9.70. The number of ether oxygens (including phenoxy) is 1. The summed E-state index contributed by atoms with van der Waals surface area (Å²) in [6.07, 6.45) is 3.61. The zero-order valence-corrected chi connectivity index (χ0v) is 16.0. The molecule has 0 aliphatic heterocycles. The molecule has 0 saturated carbocycles. The molecule has 2 aromatic heterocycles.